The van der Waals surface area contributed by atoms with E-state index >= 15 is 0 Å². The number of fused-ring (bicyclic) bond motifs is 1. The summed E-state index contributed by atoms with van der Waals surface area (Å²) in [4.78, 5) is 2.51. The van der Waals surface area contributed by atoms with E-state index in [-0.39, 0.29) is 0 Å². The highest BCUT2D eigenvalue weighted by Crippen LogP contribution is 2.31. The van der Waals surface area contributed by atoms with E-state index in [0.29, 0.717) is 6.04 Å². The minimum Gasteiger partial charge on any atom is -0.454 e. The van der Waals surface area contributed by atoms with Crippen LogP contribution >= 0.6 is 0 Å². The fourth-order valence-corrected chi connectivity index (χ4v) is 4.44. The minimum atomic E-state index is 0.469. The Kier molecular flexibility index (Phi) is 5.39. The summed E-state index contributed by atoms with van der Waals surface area (Å²) in [7, 11) is 1.79. The molecule has 0 bridgehead atoms. The molecule has 0 N–H and O–H groups in total. The molecule has 5 rings (SSSR count). The zero-order valence-corrected chi connectivity index (χ0v) is 17.3. The van der Waals surface area contributed by atoms with Gasteiger partial charge in [0.05, 0.1) is 13.2 Å². The highest BCUT2D eigenvalue weighted by atomic mass is 16.5. The first kappa shape index (κ1) is 19.1. The van der Waals surface area contributed by atoms with Gasteiger partial charge in [-0.1, -0.05) is 48.5 Å². The molecule has 1 aliphatic heterocycles. The normalized spacial score (nSPS) is 17.2. The Morgan fingerprint density at radius 3 is 2.73 bits per heavy atom. The number of hydrogen-bond acceptors (Lipinski definition) is 4. The van der Waals surface area contributed by atoms with Crippen molar-refractivity contribution in [1.29, 1.82) is 0 Å². The Labute approximate surface area is 176 Å². The van der Waals surface area contributed by atoms with Crippen LogP contribution in [0.3, 0.4) is 0 Å². The summed E-state index contributed by atoms with van der Waals surface area (Å²) in [6.07, 6.45) is 4.58. The van der Waals surface area contributed by atoms with Gasteiger partial charge in [-0.05, 0) is 37.1 Å². The average molecular weight is 402 g/mol. The van der Waals surface area contributed by atoms with Crippen molar-refractivity contribution in [3.63, 3.8) is 0 Å². The number of aromatic nitrogens is 2. The summed E-state index contributed by atoms with van der Waals surface area (Å²) in [6, 6.07) is 21.2. The molecular weight excluding hydrogens is 374 g/mol. The summed E-state index contributed by atoms with van der Waals surface area (Å²) in [5.41, 5.74) is 4.27. The van der Waals surface area contributed by atoms with Crippen LogP contribution in [-0.2, 0) is 17.8 Å². The number of ether oxygens (including phenoxy) is 1. The number of rotatable bonds is 7. The highest BCUT2D eigenvalue weighted by molar-refractivity contribution is 5.82. The molecule has 0 amide bonds. The largest absolute Gasteiger partial charge is 0.454 e. The molecule has 1 fully saturated rings. The van der Waals surface area contributed by atoms with Crippen LogP contribution in [0.1, 0.15) is 24.0 Å². The van der Waals surface area contributed by atoms with Gasteiger partial charge in [-0.15, -0.1) is 0 Å². The van der Waals surface area contributed by atoms with Crippen molar-refractivity contribution >= 4 is 11.0 Å². The molecule has 0 spiro atoms. The van der Waals surface area contributed by atoms with E-state index in [9.17, 15) is 0 Å². The standard InChI is InChI=1S/C25H27N3O2/c1-29-18-22-11-7-13-27(22)16-21-17-28(15-19-8-3-2-4-9-19)26-25(21)24-14-20-10-5-6-12-23(20)30-24/h2-6,8-10,12,14,17,22H,7,11,13,15-16,18H2,1H3/t22-/m1/s1. The summed E-state index contributed by atoms with van der Waals surface area (Å²) >= 11 is 0. The number of hydrogen-bond donors (Lipinski definition) is 0. The third-order valence-corrected chi connectivity index (χ3v) is 5.92. The van der Waals surface area contributed by atoms with Crippen LogP contribution < -0.4 is 0 Å². The molecule has 0 unspecified atom stereocenters. The van der Waals surface area contributed by atoms with Crippen LogP contribution in [0.2, 0.25) is 0 Å². The van der Waals surface area contributed by atoms with Crippen LogP contribution in [0.4, 0.5) is 0 Å². The third kappa shape index (κ3) is 3.91. The maximum atomic E-state index is 6.18. The Morgan fingerprint density at radius 1 is 1.07 bits per heavy atom. The highest BCUT2D eigenvalue weighted by Gasteiger charge is 2.26. The molecule has 0 saturated carbocycles. The number of methoxy groups -OCH3 is 1. The molecule has 5 nitrogen and oxygen atoms in total. The molecular formula is C25H27N3O2. The Morgan fingerprint density at radius 2 is 1.90 bits per heavy atom. The predicted molar refractivity (Wildman–Crippen MR) is 118 cm³/mol. The third-order valence-electron chi connectivity index (χ3n) is 5.92. The lowest BCUT2D eigenvalue weighted by Gasteiger charge is -2.23. The minimum absolute atomic E-state index is 0.469. The topological polar surface area (TPSA) is 43.4 Å². The second kappa shape index (κ2) is 8.46. The van der Waals surface area contributed by atoms with Gasteiger partial charge in [0.15, 0.2) is 5.76 Å². The van der Waals surface area contributed by atoms with Crippen molar-refractivity contribution in [3.05, 3.63) is 78.0 Å². The van der Waals surface area contributed by atoms with Crippen molar-refractivity contribution in [1.82, 2.24) is 14.7 Å². The van der Waals surface area contributed by atoms with Crippen molar-refractivity contribution in [3.8, 4) is 11.5 Å². The molecule has 3 heterocycles. The smallest absolute Gasteiger partial charge is 0.156 e. The molecule has 1 aliphatic rings. The summed E-state index contributed by atoms with van der Waals surface area (Å²) in [6.45, 7) is 3.47. The van der Waals surface area contributed by atoms with E-state index in [1.807, 2.05) is 28.9 Å². The first-order chi connectivity index (χ1) is 14.8. The Bertz CT molecular complexity index is 1080. The van der Waals surface area contributed by atoms with Gasteiger partial charge in [-0.25, -0.2) is 0 Å². The van der Waals surface area contributed by atoms with E-state index in [4.69, 9.17) is 14.3 Å². The SMILES string of the molecule is COC[C@H]1CCCN1Cc1cn(Cc2ccccc2)nc1-c1cc2ccccc2o1. The van der Waals surface area contributed by atoms with Crippen molar-refractivity contribution in [2.75, 3.05) is 20.3 Å². The number of para-hydroxylation sites is 1. The molecule has 2 aromatic carbocycles. The molecule has 5 heteroatoms. The van der Waals surface area contributed by atoms with Gasteiger partial charge in [-0.3, -0.25) is 9.58 Å². The Hall–Kier alpha value is -2.89. The summed E-state index contributed by atoms with van der Waals surface area (Å²) in [5.74, 6) is 0.834. The van der Waals surface area contributed by atoms with Crippen LogP contribution in [0.15, 0.2) is 71.3 Å². The second-order valence-corrected chi connectivity index (χ2v) is 8.06. The predicted octanol–water partition coefficient (Wildman–Crippen LogP) is 4.96. The summed E-state index contributed by atoms with van der Waals surface area (Å²) in [5, 5.41) is 6.06. The first-order valence-corrected chi connectivity index (χ1v) is 10.6. The van der Waals surface area contributed by atoms with Crippen LogP contribution in [0, 0.1) is 0 Å². The zero-order valence-electron chi connectivity index (χ0n) is 17.3. The fourth-order valence-electron chi connectivity index (χ4n) is 4.44. The van der Waals surface area contributed by atoms with Gasteiger partial charge in [-0.2, -0.15) is 5.10 Å². The lowest BCUT2D eigenvalue weighted by atomic mass is 10.1. The van der Waals surface area contributed by atoms with E-state index in [0.717, 1.165) is 48.7 Å². The molecule has 0 aliphatic carbocycles. The fraction of sp³-hybridized carbons (Fsp3) is 0.320. The van der Waals surface area contributed by atoms with Gasteiger partial charge >= 0.3 is 0 Å². The van der Waals surface area contributed by atoms with E-state index in [1.54, 1.807) is 7.11 Å². The van der Waals surface area contributed by atoms with E-state index in [1.165, 1.54) is 24.0 Å². The van der Waals surface area contributed by atoms with Crippen molar-refractivity contribution < 1.29 is 9.15 Å². The maximum absolute atomic E-state index is 6.18. The van der Waals surface area contributed by atoms with Gasteiger partial charge in [0.2, 0.25) is 0 Å². The maximum Gasteiger partial charge on any atom is 0.156 e. The second-order valence-electron chi connectivity index (χ2n) is 8.06. The Balaban J connectivity index is 1.50. The monoisotopic (exact) mass is 401 g/mol. The van der Waals surface area contributed by atoms with E-state index < -0.39 is 0 Å². The van der Waals surface area contributed by atoms with Crippen LogP contribution in [0.25, 0.3) is 22.4 Å². The lowest BCUT2D eigenvalue weighted by Crippen LogP contribution is -2.32. The van der Waals surface area contributed by atoms with Gasteiger partial charge in [0.1, 0.15) is 11.3 Å². The number of benzene rings is 2. The molecule has 2 aromatic heterocycles. The molecule has 1 atom stereocenters. The van der Waals surface area contributed by atoms with Gasteiger partial charge < -0.3 is 9.15 Å². The number of likely N-dealkylation sites (tertiary alicyclic amines) is 1. The molecule has 1 saturated heterocycles. The van der Waals surface area contributed by atoms with Gasteiger partial charge in [0, 0.05) is 36.8 Å². The molecule has 30 heavy (non-hydrogen) atoms. The summed E-state index contributed by atoms with van der Waals surface area (Å²) < 4.78 is 13.7. The zero-order chi connectivity index (χ0) is 20.3. The lowest BCUT2D eigenvalue weighted by molar-refractivity contribution is 0.112. The molecule has 4 aromatic rings. The van der Waals surface area contributed by atoms with E-state index in [2.05, 4.69) is 47.5 Å². The van der Waals surface area contributed by atoms with Crippen molar-refractivity contribution in [2.24, 2.45) is 0 Å². The number of nitrogens with zero attached hydrogens (tertiary/aromatic N) is 3. The quantitative estimate of drug-likeness (QED) is 0.439. The molecule has 154 valence electrons. The molecule has 0 radical (unpaired) electrons. The van der Waals surface area contributed by atoms with Crippen molar-refractivity contribution in [2.45, 2.75) is 32.0 Å². The average Bonchev–Trinajstić information content (AvgIpc) is 3.48. The van der Waals surface area contributed by atoms with Crippen LogP contribution in [-0.4, -0.2) is 41.0 Å². The van der Waals surface area contributed by atoms with Gasteiger partial charge in [0.25, 0.3) is 0 Å². The van der Waals surface area contributed by atoms with Crippen LogP contribution in [0.5, 0.6) is 0 Å². The first-order valence-electron chi connectivity index (χ1n) is 10.6. The number of furan rings is 1.